The number of amides is 1. The van der Waals surface area contributed by atoms with Crippen LogP contribution in [0.4, 0.5) is 11.5 Å². The number of carbonyl (C=O) groups is 1. The molecule has 3 rings (SSSR count). The lowest BCUT2D eigenvalue weighted by molar-refractivity contribution is -0.116. The van der Waals surface area contributed by atoms with E-state index in [4.69, 9.17) is 0 Å². The van der Waals surface area contributed by atoms with E-state index >= 15 is 0 Å². The lowest BCUT2D eigenvalue weighted by Crippen LogP contribution is -2.30. The fraction of sp³-hybridized carbons (Fsp3) is 0.529. The topological polar surface area (TPSA) is 45.2 Å². The summed E-state index contributed by atoms with van der Waals surface area (Å²) in [4.78, 5) is 18.8. The molecule has 1 atom stereocenters. The van der Waals surface area contributed by atoms with Gasteiger partial charge in [0.05, 0.1) is 11.9 Å². The second-order valence-corrected chi connectivity index (χ2v) is 5.97. The molecule has 1 saturated heterocycles. The van der Waals surface area contributed by atoms with Gasteiger partial charge in [-0.25, -0.2) is 4.98 Å². The SMILES string of the molecule is O=C(CC1C=CCC1)Nc1ccc(N2CCCCC2)nc1. The van der Waals surface area contributed by atoms with E-state index in [0.717, 1.165) is 37.4 Å². The minimum absolute atomic E-state index is 0.0825. The zero-order chi connectivity index (χ0) is 14.5. The van der Waals surface area contributed by atoms with Crippen molar-refractivity contribution in [3.05, 3.63) is 30.5 Å². The Morgan fingerprint density at radius 1 is 1.29 bits per heavy atom. The van der Waals surface area contributed by atoms with Crippen LogP contribution >= 0.6 is 0 Å². The van der Waals surface area contributed by atoms with Crippen molar-refractivity contribution in [2.24, 2.45) is 5.92 Å². The molecule has 1 aromatic heterocycles. The first-order valence-electron chi connectivity index (χ1n) is 7.99. The third-order valence-electron chi connectivity index (χ3n) is 4.27. The number of nitrogens with one attached hydrogen (secondary N) is 1. The highest BCUT2D eigenvalue weighted by molar-refractivity contribution is 5.90. The summed E-state index contributed by atoms with van der Waals surface area (Å²) in [5.74, 6) is 1.51. The number of carbonyl (C=O) groups excluding carboxylic acids is 1. The second kappa shape index (κ2) is 6.74. The Bertz CT molecular complexity index is 503. The number of rotatable bonds is 4. The molecule has 1 aliphatic heterocycles. The molecule has 2 aliphatic rings. The summed E-state index contributed by atoms with van der Waals surface area (Å²) in [7, 11) is 0. The minimum Gasteiger partial charge on any atom is -0.357 e. The van der Waals surface area contributed by atoms with Crippen molar-refractivity contribution in [3.63, 3.8) is 0 Å². The molecule has 0 spiro atoms. The van der Waals surface area contributed by atoms with Gasteiger partial charge in [0, 0.05) is 19.5 Å². The van der Waals surface area contributed by atoms with Crippen molar-refractivity contribution >= 4 is 17.4 Å². The lowest BCUT2D eigenvalue weighted by atomic mass is 10.1. The third kappa shape index (κ3) is 3.84. The van der Waals surface area contributed by atoms with Crippen LogP contribution in [-0.2, 0) is 4.79 Å². The Kier molecular flexibility index (Phi) is 4.53. The summed E-state index contributed by atoms with van der Waals surface area (Å²) in [6.07, 6.45) is 12.7. The Balaban J connectivity index is 1.53. The van der Waals surface area contributed by atoms with Crippen LogP contribution in [0.25, 0.3) is 0 Å². The van der Waals surface area contributed by atoms with Crippen molar-refractivity contribution in [2.75, 3.05) is 23.3 Å². The highest BCUT2D eigenvalue weighted by Crippen LogP contribution is 2.22. The van der Waals surface area contributed by atoms with Gasteiger partial charge in [-0.2, -0.15) is 0 Å². The number of hydrogen-bond donors (Lipinski definition) is 1. The van der Waals surface area contributed by atoms with Gasteiger partial charge in [-0.1, -0.05) is 12.2 Å². The summed E-state index contributed by atoms with van der Waals surface area (Å²) >= 11 is 0. The minimum atomic E-state index is 0.0825. The molecular formula is C17H23N3O. The largest absolute Gasteiger partial charge is 0.357 e. The van der Waals surface area contributed by atoms with Crippen molar-refractivity contribution < 1.29 is 4.79 Å². The van der Waals surface area contributed by atoms with Crippen molar-refractivity contribution in [1.82, 2.24) is 4.98 Å². The fourth-order valence-corrected chi connectivity index (χ4v) is 3.09. The van der Waals surface area contributed by atoms with E-state index in [1.54, 1.807) is 6.20 Å². The van der Waals surface area contributed by atoms with Gasteiger partial charge in [-0.3, -0.25) is 4.79 Å². The molecule has 0 saturated carbocycles. The first kappa shape index (κ1) is 14.1. The molecule has 0 radical (unpaired) electrons. The zero-order valence-electron chi connectivity index (χ0n) is 12.4. The molecule has 1 N–H and O–H groups in total. The summed E-state index contributed by atoms with van der Waals surface area (Å²) in [6.45, 7) is 2.18. The van der Waals surface area contributed by atoms with Gasteiger partial charge >= 0.3 is 0 Å². The monoisotopic (exact) mass is 285 g/mol. The van der Waals surface area contributed by atoms with E-state index in [0.29, 0.717) is 12.3 Å². The maximum atomic E-state index is 12.0. The van der Waals surface area contributed by atoms with Crippen LogP contribution in [0.5, 0.6) is 0 Å². The van der Waals surface area contributed by atoms with Crippen LogP contribution < -0.4 is 10.2 Å². The molecule has 0 aromatic carbocycles. The number of anilines is 2. The molecule has 1 unspecified atom stereocenters. The first-order valence-corrected chi connectivity index (χ1v) is 7.99. The smallest absolute Gasteiger partial charge is 0.225 e. The molecule has 1 aliphatic carbocycles. The third-order valence-corrected chi connectivity index (χ3v) is 4.27. The predicted octanol–water partition coefficient (Wildman–Crippen LogP) is 3.37. The fourth-order valence-electron chi connectivity index (χ4n) is 3.09. The zero-order valence-corrected chi connectivity index (χ0v) is 12.4. The van der Waals surface area contributed by atoms with Gasteiger partial charge in [0.15, 0.2) is 0 Å². The predicted molar refractivity (Wildman–Crippen MR) is 85.4 cm³/mol. The first-order chi connectivity index (χ1) is 10.3. The Labute approximate surface area is 126 Å². The number of allylic oxidation sites excluding steroid dienone is 2. The van der Waals surface area contributed by atoms with Gasteiger partial charge in [0.25, 0.3) is 0 Å². The summed E-state index contributed by atoms with van der Waals surface area (Å²) in [5, 5.41) is 2.95. The van der Waals surface area contributed by atoms with Gasteiger partial charge < -0.3 is 10.2 Å². The quantitative estimate of drug-likeness (QED) is 0.863. The van der Waals surface area contributed by atoms with E-state index in [9.17, 15) is 4.79 Å². The van der Waals surface area contributed by atoms with Crippen molar-refractivity contribution in [1.29, 1.82) is 0 Å². The Hall–Kier alpha value is -1.84. The molecule has 1 fully saturated rings. The molecule has 1 aromatic rings. The Morgan fingerprint density at radius 2 is 2.14 bits per heavy atom. The molecule has 112 valence electrons. The van der Waals surface area contributed by atoms with Gasteiger partial charge in [0.1, 0.15) is 5.82 Å². The van der Waals surface area contributed by atoms with Crippen LogP contribution in [0.1, 0.15) is 38.5 Å². The molecule has 21 heavy (non-hydrogen) atoms. The van der Waals surface area contributed by atoms with Gasteiger partial charge in [-0.05, 0) is 50.2 Å². The van der Waals surface area contributed by atoms with Crippen LogP contribution in [0.2, 0.25) is 0 Å². The van der Waals surface area contributed by atoms with E-state index in [1.165, 1.54) is 19.3 Å². The van der Waals surface area contributed by atoms with Crippen LogP contribution in [0.15, 0.2) is 30.5 Å². The molecule has 0 bridgehead atoms. The van der Waals surface area contributed by atoms with E-state index in [2.05, 4.69) is 27.4 Å². The second-order valence-electron chi connectivity index (χ2n) is 5.97. The number of nitrogens with zero attached hydrogens (tertiary/aromatic N) is 2. The van der Waals surface area contributed by atoms with E-state index < -0.39 is 0 Å². The maximum Gasteiger partial charge on any atom is 0.225 e. The molecular weight excluding hydrogens is 262 g/mol. The average Bonchev–Trinajstić information content (AvgIpc) is 3.02. The summed E-state index contributed by atoms with van der Waals surface area (Å²) < 4.78 is 0. The lowest BCUT2D eigenvalue weighted by Gasteiger charge is -2.27. The normalized spacial score (nSPS) is 21.5. The van der Waals surface area contributed by atoms with Gasteiger partial charge in [-0.15, -0.1) is 0 Å². The molecule has 4 heteroatoms. The highest BCUT2D eigenvalue weighted by atomic mass is 16.1. The summed E-state index contributed by atoms with van der Waals surface area (Å²) in [5.41, 5.74) is 0.794. The van der Waals surface area contributed by atoms with Crippen LogP contribution in [0, 0.1) is 5.92 Å². The highest BCUT2D eigenvalue weighted by Gasteiger charge is 2.15. The van der Waals surface area contributed by atoms with Crippen LogP contribution in [-0.4, -0.2) is 24.0 Å². The van der Waals surface area contributed by atoms with E-state index in [1.807, 2.05) is 12.1 Å². The van der Waals surface area contributed by atoms with Crippen molar-refractivity contribution in [2.45, 2.75) is 38.5 Å². The Morgan fingerprint density at radius 3 is 2.81 bits per heavy atom. The molecule has 4 nitrogen and oxygen atoms in total. The standard InChI is InChI=1S/C17H23N3O/c21-17(12-14-6-2-3-7-14)19-15-8-9-16(18-13-15)20-10-4-1-5-11-20/h2,6,8-9,13-14H,1,3-5,7,10-12H2,(H,19,21). The van der Waals surface area contributed by atoms with Gasteiger partial charge in [0.2, 0.25) is 5.91 Å². The molecule has 1 amide bonds. The van der Waals surface area contributed by atoms with Crippen LogP contribution in [0.3, 0.4) is 0 Å². The van der Waals surface area contributed by atoms with E-state index in [-0.39, 0.29) is 5.91 Å². The molecule has 2 heterocycles. The van der Waals surface area contributed by atoms with Crippen molar-refractivity contribution in [3.8, 4) is 0 Å². The number of aromatic nitrogens is 1. The number of hydrogen-bond acceptors (Lipinski definition) is 3. The number of piperidine rings is 1. The summed E-state index contributed by atoms with van der Waals surface area (Å²) in [6, 6.07) is 3.97. The number of pyridine rings is 1. The maximum absolute atomic E-state index is 12.0. The average molecular weight is 285 g/mol.